The minimum absolute atomic E-state index is 0.632. The van der Waals surface area contributed by atoms with E-state index in [2.05, 4.69) is 19.4 Å². The Balaban J connectivity index is 1.94. The normalized spacial score (nSPS) is 14.5. The van der Waals surface area contributed by atoms with Crippen LogP contribution in [0.1, 0.15) is 16.2 Å². The molecule has 0 saturated heterocycles. The topological polar surface area (TPSA) is 51.0 Å². The Bertz CT molecular complexity index is 549. The predicted octanol–water partition coefficient (Wildman–Crippen LogP) is 1.11. The highest BCUT2D eigenvalue weighted by atomic mass is 16.1. The van der Waals surface area contributed by atoms with Gasteiger partial charge in [-0.05, 0) is 12.1 Å². The second-order valence-corrected chi connectivity index (χ2v) is 3.99. The lowest BCUT2D eigenvalue weighted by Crippen LogP contribution is -2.34. The summed E-state index contributed by atoms with van der Waals surface area (Å²) in [6.45, 7) is 2.43. The average Bonchev–Trinajstić information content (AvgIpc) is 2.85. The fraction of sp³-hybridized carbons (Fsp3) is 0.250. The largest absolute Gasteiger partial charge is 0.347 e. The fourth-order valence-electron chi connectivity index (χ4n) is 2.12. The van der Waals surface area contributed by atoms with Crippen molar-refractivity contribution in [2.24, 2.45) is 0 Å². The van der Waals surface area contributed by atoms with E-state index in [1.54, 1.807) is 24.5 Å². The molecule has 5 nitrogen and oxygen atoms in total. The first-order valence-electron chi connectivity index (χ1n) is 5.53. The zero-order valence-electron chi connectivity index (χ0n) is 9.28. The molecular formula is C12H12N4O. The van der Waals surface area contributed by atoms with Crippen LogP contribution in [0.5, 0.6) is 0 Å². The SMILES string of the molecule is O=Cc1cccnc1N1CCn2ccnc2C1. The summed E-state index contributed by atoms with van der Waals surface area (Å²) >= 11 is 0. The third-order valence-corrected chi connectivity index (χ3v) is 2.99. The summed E-state index contributed by atoms with van der Waals surface area (Å²) in [6.07, 6.45) is 6.34. The van der Waals surface area contributed by atoms with Gasteiger partial charge in [-0.1, -0.05) is 0 Å². The van der Waals surface area contributed by atoms with Crippen LogP contribution in [0.3, 0.4) is 0 Å². The first-order chi connectivity index (χ1) is 8.38. The van der Waals surface area contributed by atoms with Crippen LogP contribution in [0, 0.1) is 0 Å². The molecule has 1 aliphatic rings. The maximum Gasteiger partial charge on any atom is 0.153 e. The van der Waals surface area contributed by atoms with Crippen molar-refractivity contribution in [3.8, 4) is 0 Å². The Kier molecular flexibility index (Phi) is 2.36. The van der Waals surface area contributed by atoms with Gasteiger partial charge in [0, 0.05) is 31.7 Å². The molecule has 86 valence electrons. The lowest BCUT2D eigenvalue weighted by molar-refractivity contribution is 0.112. The van der Waals surface area contributed by atoms with Crippen molar-refractivity contribution in [3.63, 3.8) is 0 Å². The summed E-state index contributed by atoms with van der Waals surface area (Å²) in [5.74, 6) is 1.76. The van der Waals surface area contributed by atoms with Gasteiger partial charge < -0.3 is 9.47 Å². The summed E-state index contributed by atoms with van der Waals surface area (Å²) in [7, 11) is 0. The monoisotopic (exact) mass is 228 g/mol. The van der Waals surface area contributed by atoms with Crippen LogP contribution < -0.4 is 4.90 Å². The average molecular weight is 228 g/mol. The summed E-state index contributed by atoms with van der Waals surface area (Å²) in [4.78, 5) is 21.6. The molecule has 1 aliphatic heterocycles. The summed E-state index contributed by atoms with van der Waals surface area (Å²) in [5, 5.41) is 0. The number of hydrogen-bond acceptors (Lipinski definition) is 4. The van der Waals surface area contributed by atoms with Crippen LogP contribution in [0.2, 0.25) is 0 Å². The zero-order chi connectivity index (χ0) is 11.7. The molecule has 17 heavy (non-hydrogen) atoms. The molecule has 5 heteroatoms. The number of aromatic nitrogens is 3. The van der Waals surface area contributed by atoms with Gasteiger partial charge in [0.1, 0.15) is 11.6 Å². The maximum atomic E-state index is 11.0. The van der Waals surface area contributed by atoms with Crippen molar-refractivity contribution in [2.75, 3.05) is 11.4 Å². The highest BCUT2D eigenvalue weighted by Crippen LogP contribution is 2.20. The third kappa shape index (κ3) is 1.69. The number of carbonyl (C=O) groups excluding carboxylic acids is 1. The number of aldehydes is 1. The van der Waals surface area contributed by atoms with Gasteiger partial charge in [0.25, 0.3) is 0 Å². The molecule has 0 saturated carbocycles. The van der Waals surface area contributed by atoms with Crippen molar-refractivity contribution in [1.29, 1.82) is 0 Å². The predicted molar refractivity (Wildman–Crippen MR) is 62.9 cm³/mol. The molecule has 0 spiro atoms. The molecular weight excluding hydrogens is 216 g/mol. The first-order valence-corrected chi connectivity index (χ1v) is 5.53. The number of pyridine rings is 1. The second kappa shape index (κ2) is 4.01. The van der Waals surface area contributed by atoms with Crippen molar-refractivity contribution in [3.05, 3.63) is 42.1 Å². The van der Waals surface area contributed by atoms with Crippen LogP contribution in [-0.2, 0) is 13.1 Å². The number of rotatable bonds is 2. The molecule has 0 unspecified atom stereocenters. The van der Waals surface area contributed by atoms with Crippen LogP contribution >= 0.6 is 0 Å². The Morgan fingerprint density at radius 2 is 2.18 bits per heavy atom. The van der Waals surface area contributed by atoms with Gasteiger partial charge >= 0.3 is 0 Å². The Hall–Kier alpha value is -2.17. The molecule has 3 heterocycles. The molecule has 0 atom stereocenters. The van der Waals surface area contributed by atoms with Gasteiger partial charge in [-0.2, -0.15) is 0 Å². The first kappa shape index (κ1) is 10.0. The number of nitrogens with zero attached hydrogens (tertiary/aromatic N) is 4. The van der Waals surface area contributed by atoms with E-state index in [1.165, 1.54) is 0 Å². The van der Waals surface area contributed by atoms with E-state index in [9.17, 15) is 4.79 Å². The summed E-state index contributed by atoms with van der Waals surface area (Å²) in [5.41, 5.74) is 0.632. The standard InChI is InChI=1S/C12H12N4O/c17-9-10-2-1-3-14-12(10)16-7-6-15-5-4-13-11(15)8-16/h1-5,9H,6-8H2. The van der Waals surface area contributed by atoms with Crippen molar-refractivity contribution in [2.45, 2.75) is 13.1 Å². The smallest absolute Gasteiger partial charge is 0.153 e. The number of fused-ring (bicyclic) bond motifs is 1. The van der Waals surface area contributed by atoms with Crippen LogP contribution in [0.25, 0.3) is 0 Å². The van der Waals surface area contributed by atoms with Gasteiger partial charge in [-0.3, -0.25) is 4.79 Å². The Morgan fingerprint density at radius 1 is 1.24 bits per heavy atom. The number of imidazole rings is 1. The quantitative estimate of drug-likeness (QED) is 0.722. The minimum Gasteiger partial charge on any atom is -0.347 e. The van der Waals surface area contributed by atoms with E-state index >= 15 is 0 Å². The van der Waals surface area contributed by atoms with E-state index in [0.717, 1.165) is 31.0 Å². The summed E-state index contributed by atoms with van der Waals surface area (Å²) < 4.78 is 2.13. The zero-order valence-corrected chi connectivity index (χ0v) is 9.28. The van der Waals surface area contributed by atoms with E-state index in [1.807, 2.05) is 6.20 Å². The number of hydrogen-bond donors (Lipinski definition) is 0. The van der Waals surface area contributed by atoms with Crippen molar-refractivity contribution < 1.29 is 4.79 Å². The van der Waals surface area contributed by atoms with E-state index in [-0.39, 0.29) is 0 Å². The van der Waals surface area contributed by atoms with Crippen molar-refractivity contribution >= 4 is 12.1 Å². The second-order valence-electron chi connectivity index (χ2n) is 3.99. The highest BCUT2D eigenvalue weighted by Gasteiger charge is 2.19. The van der Waals surface area contributed by atoms with Gasteiger partial charge in [0.05, 0.1) is 12.1 Å². The molecule has 0 N–H and O–H groups in total. The maximum absolute atomic E-state index is 11.0. The van der Waals surface area contributed by atoms with E-state index in [0.29, 0.717) is 12.1 Å². The minimum atomic E-state index is 0.632. The van der Waals surface area contributed by atoms with Gasteiger partial charge in [0.2, 0.25) is 0 Å². The van der Waals surface area contributed by atoms with Crippen molar-refractivity contribution in [1.82, 2.24) is 14.5 Å². The molecule has 0 bridgehead atoms. The van der Waals surface area contributed by atoms with Crippen LogP contribution in [0.4, 0.5) is 5.82 Å². The van der Waals surface area contributed by atoms with E-state index < -0.39 is 0 Å². The Morgan fingerprint density at radius 3 is 3.06 bits per heavy atom. The third-order valence-electron chi connectivity index (χ3n) is 2.99. The lowest BCUT2D eigenvalue weighted by Gasteiger charge is -2.29. The summed E-state index contributed by atoms with van der Waals surface area (Å²) in [6, 6.07) is 3.56. The van der Waals surface area contributed by atoms with Gasteiger partial charge in [-0.15, -0.1) is 0 Å². The number of anilines is 1. The molecule has 0 amide bonds. The molecule has 2 aromatic heterocycles. The van der Waals surface area contributed by atoms with Gasteiger partial charge in [0.15, 0.2) is 6.29 Å². The fourth-order valence-corrected chi connectivity index (χ4v) is 2.12. The Labute approximate surface area is 98.7 Å². The molecule has 3 rings (SSSR count). The molecule has 2 aromatic rings. The van der Waals surface area contributed by atoms with Crippen LogP contribution in [0.15, 0.2) is 30.7 Å². The molecule has 0 aliphatic carbocycles. The number of carbonyl (C=O) groups is 1. The van der Waals surface area contributed by atoms with Crippen LogP contribution in [-0.4, -0.2) is 27.4 Å². The molecule has 0 radical (unpaired) electrons. The molecule has 0 fully saturated rings. The van der Waals surface area contributed by atoms with E-state index in [4.69, 9.17) is 0 Å². The lowest BCUT2D eigenvalue weighted by atomic mass is 10.2. The highest BCUT2D eigenvalue weighted by molar-refractivity contribution is 5.82. The molecule has 0 aromatic carbocycles. The van der Waals surface area contributed by atoms with Gasteiger partial charge in [-0.25, -0.2) is 9.97 Å².